The number of benzene rings is 1. The second-order valence-corrected chi connectivity index (χ2v) is 5.34. The minimum absolute atomic E-state index is 0.152. The number of aromatic nitrogens is 2. The third-order valence-electron chi connectivity index (χ3n) is 3.82. The van der Waals surface area contributed by atoms with E-state index in [0.717, 1.165) is 35.8 Å². The average molecular weight is 283 g/mol. The highest BCUT2D eigenvalue weighted by Crippen LogP contribution is 2.22. The molecule has 1 N–H and O–H groups in total. The van der Waals surface area contributed by atoms with Gasteiger partial charge in [0.1, 0.15) is 17.3 Å². The summed E-state index contributed by atoms with van der Waals surface area (Å²) < 4.78 is 7.95. The zero-order valence-corrected chi connectivity index (χ0v) is 12.8. The van der Waals surface area contributed by atoms with Crippen LogP contribution in [-0.2, 0) is 13.5 Å². The molecule has 0 bridgehead atoms. The summed E-state index contributed by atoms with van der Waals surface area (Å²) in [7, 11) is 2.07. The van der Waals surface area contributed by atoms with Crippen LogP contribution < -0.4 is 5.32 Å². The molecule has 3 rings (SSSR count). The first-order valence-electron chi connectivity index (χ1n) is 7.39. The lowest BCUT2D eigenvalue weighted by Gasteiger charge is -2.15. The molecular weight excluding hydrogens is 262 g/mol. The van der Waals surface area contributed by atoms with Gasteiger partial charge in [-0.2, -0.15) is 0 Å². The smallest absolute Gasteiger partial charge is 0.121 e. The maximum Gasteiger partial charge on any atom is 0.121 e. The topological polar surface area (TPSA) is 43.0 Å². The van der Waals surface area contributed by atoms with Crippen LogP contribution in [0.2, 0.25) is 0 Å². The second-order valence-electron chi connectivity index (χ2n) is 5.34. The maximum atomic E-state index is 5.78. The Morgan fingerprint density at radius 2 is 2.05 bits per heavy atom. The van der Waals surface area contributed by atoms with Crippen molar-refractivity contribution in [2.24, 2.45) is 7.05 Å². The van der Waals surface area contributed by atoms with Gasteiger partial charge in [-0.1, -0.05) is 19.1 Å². The molecule has 4 heteroatoms. The fourth-order valence-corrected chi connectivity index (χ4v) is 2.72. The molecule has 2 heterocycles. The first-order valence-corrected chi connectivity index (χ1v) is 7.39. The summed E-state index contributed by atoms with van der Waals surface area (Å²) in [5.74, 6) is 2.98. The molecule has 0 saturated carbocycles. The van der Waals surface area contributed by atoms with E-state index in [1.54, 1.807) is 0 Å². The van der Waals surface area contributed by atoms with Gasteiger partial charge in [-0.05, 0) is 37.7 Å². The van der Waals surface area contributed by atoms with Gasteiger partial charge in [0, 0.05) is 13.5 Å². The Balaban J connectivity index is 1.92. The standard InChI is InChI=1S/C17H21N3O/c1-4-18-14(16-10-9-12(2)21-16)11-17-19-13-7-5-6-8-15(13)20(17)3/h5-10,14,18H,4,11H2,1-3H3. The molecular formula is C17H21N3O. The van der Waals surface area contributed by atoms with E-state index in [9.17, 15) is 0 Å². The third-order valence-corrected chi connectivity index (χ3v) is 3.82. The number of aryl methyl sites for hydroxylation is 2. The van der Waals surface area contributed by atoms with E-state index >= 15 is 0 Å². The summed E-state index contributed by atoms with van der Waals surface area (Å²) in [5.41, 5.74) is 2.21. The van der Waals surface area contributed by atoms with Crippen LogP contribution in [0.15, 0.2) is 40.8 Å². The number of hydrogen-bond donors (Lipinski definition) is 1. The number of para-hydroxylation sites is 2. The Labute approximate surface area is 124 Å². The molecule has 0 aliphatic rings. The van der Waals surface area contributed by atoms with Crippen molar-refractivity contribution in [2.45, 2.75) is 26.3 Å². The predicted octanol–water partition coefficient (Wildman–Crippen LogP) is 3.37. The quantitative estimate of drug-likeness (QED) is 0.780. The van der Waals surface area contributed by atoms with Gasteiger partial charge in [0.25, 0.3) is 0 Å². The third kappa shape index (κ3) is 2.72. The Bertz CT molecular complexity index is 741. The Hall–Kier alpha value is -2.07. The van der Waals surface area contributed by atoms with Gasteiger partial charge in [-0.25, -0.2) is 4.98 Å². The molecule has 1 aromatic carbocycles. The second kappa shape index (κ2) is 5.74. The molecule has 0 aliphatic carbocycles. The molecule has 1 unspecified atom stereocenters. The van der Waals surface area contributed by atoms with E-state index in [4.69, 9.17) is 9.40 Å². The van der Waals surface area contributed by atoms with Crippen LogP contribution >= 0.6 is 0 Å². The molecule has 0 spiro atoms. The minimum Gasteiger partial charge on any atom is -0.465 e. The fraction of sp³-hybridized carbons (Fsp3) is 0.353. The fourth-order valence-electron chi connectivity index (χ4n) is 2.72. The zero-order valence-electron chi connectivity index (χ0n) is 12.8. The molecule has 110 valence electrons. The maximum absolute atomic E-state index is 5.78. The van der Waals surface area contributed by atoms with E-state index < -0.39 is 0 Å². The van der Waals surface area contributed by atoms with Crippen LogP contribution in [0, 0.1) is 6.92 Å². The number of rotatable bonds is 5. The Morgan fingerprint density at radius 1 is 1.24 bits per heavy atom. The van der Waals surface area contributed by atoms with E-state index in [1.165, 1.54) is 5.52 Å². The van der Waals surface area contributed by atoms with Crippen molar-refractivity contribution in [3.63, 3.8) is 0 Å². The van der Waals surface area contributed by atoms with Gasteiger partial charge >= 0.3 is 0 Å². The van der Waals surface area contributed by atoms with Crippen molar-refractivity contribution in [3.8, 4) is 0 Å². The molecule has 3 aromatic rings. The monoisotopic (exact) mass is 283 g/mol. The lowest BCUT2D eigenvalue weighted by molar-refractivity contribution is 0.398. The number of nitrogens with zero attached hydrogens (tertiary/aromatic N) is 2. The van der Waals surface area contributed by atoms with E-state index in [0.29, 0.717) is 0 Å². The summed E-state index contributed by atoms with van der Waals surface area (Å²) in [6.07, 6.45) is 0.811. The molecule has 2 aromatic heterocycles. The number of hydrogen-bond acceptors (Lipinski definition) is 3. The number of fused-ring (bicyclic) bond motifs is 1. The largest absolute Gasteiger partial charge is 0.465 e. The average Bonchev–Trinajstić information content (AvgIpc) is 3.04. The number of nitrogens with one attached hydrogen (secondary N) is 1. The molecule has 0 aliphatic heterocycles. The Kier molecular flexibility index (Phi) is 3.80. The summed E-state index contributed by atoms with van der Waals surface area (Å²) in [5, 5.41) is 3.49. The van der Waals surface area contributed by atoms with Crippen LogP contribution in [0.25, 0.3) is 11.0 Å². The molecule has 0 fully saturated rings. The van der Waals surface area contributed by atoms with Crippen LogP contribution in [-0.4, -0.2) is 16.1 Å². The van der Waals surface area contributed by atoms with Gasteiger partial charge in [0.15, 0.2) is 0 Å². The minimum atomic E-state index is 0.152. The van der Waals surface area contributed by atoms with Gasteiger partial charge in [-0.3, -0.25) is 0 Å². The van der Waals surface area contributed by atoms with Crippen molar-refractivity contribution >= 4 is 11.0 Å². The zero-order chi connectivity index (χ0) is 14.8. The molecule has 0 amide bonds. The number of likely N-dealkylation sites (N-methyl/N-ethyl adjacent to an activating group) is 1. The van der Waals surface area contributed by atoms with Crippen molar-refractivity contribution in [2.75, 3.05) is 6.54 Å². The normalized spacial score (nSPS) is 12.9. The molecule has 21 heavy (non-hydrogen) atoms. The molecule has 0 radical (unpaired) electrons. The summed E-state index contributed by atoms with van der Waals surface area (Å²) in [6, 6.07) is 12.4. The lowest BCUT2D eigenvalue weighted by Crippen LogP contribution is -2.23. The molecule has 4 nitrogen and oxygen atoms in total. The van der Waals surface area contributed by atoms with E-state index in [2.05, 4.69) is 36.0 Å². The summed E-state index contributed by atoms with van der Waals surface area (Å²) in [4.78, 5) is 4.75. The highest BCUT2D eigenvalue weighted by molar-refractivity contribution is 5.75. The van der Waals surface area contributed by atoms with Crippen molar-refractivity contribution < 1.29 is 4.42 Å². The first-order chi connectivity index (χ1) is 10.2. The SMILES string of the molecule is CCNC(Cc1nc2ccccc2n1C)c1ccc(C)o1. The van der Waals surface area contributed by atoms with Gasteiger partial charge < -0.3 is 14.3 Å². The van der Waals surface area contributed by atoms with Gasteiger partial charge in [0.2, 0.25) is 0 Å². The van der Waals surface area contributed by atoms with Crippen molar-refractivity contribution in [1.29, 1.82) is 0 Å². The highest BCUT2D eigenvalue weighted by Gasteiger charge is 2.18. The van der Waals surface area contributed by atoms with Crippen molar-refractivity contribution in [3.05, 3.63) is 53.7 Å². The van der Waals surface area contributed by atoms with Crippen molar-refractivity contribution in [1.82, 2.24) is 14.9 Å². The van der Waals surface area contributed by atoms with Crippen LogP contribution in [0.4, 0.5) is 0 Å². The van der Waals surface area contributed by atoms with Gasteiger partial charge in [-0.15, -0.1) is 0 Å². The molecule has 1 atom stereocenters. The van der Waals surface area contributed by atoms with Gasteiger partial charge in [0.05, 0.1) is 17.1 Å². The van der Waals surface area contributed by atoms with Crippen LogP contribution in [0.3, 0.4) is 0 Å². The molecule has 0 saturated heterocycles. The first kappa shape index (κ1) is 13.9. The summed E-state index contributed by atoms with van der Waals surface area (Å²) >= 11 is 0. The highest BCUT2D eigenvalue weighted by atomic mass is 16.3. The van der Waals surface area contributed by atoms with Crippen LogP contribution in [0.1, 0.15) is 30.3 Å². The lowest BCUT2D eigenvalue weighted by atomic mass is 10.1. The number of furan rings is 1. The van der Waals surface area contributed by atoms with E-state index in [1.807, 2.05) is 31.2 Å². The predicted molar refractivity (Wildman–Crippen MR) is 84.3 cm³/mol. The number of imidazole rings is 1. The Morgan fingerprint density at radius 3 is 2.71 bits per heavy atom. The van der Waals surface area contributed by atoms with E-state index in [-0.39, 0.29) is 6.04 Å². The van der Waals surface area contributed by atoms with Crippen LogP contribution in [0.5, 0.6) is 0 Å². The summed E-state index contributed by atoms with van der Waals surface area (Å²) in [6.45, 7) is 4.98.